The van der Waals surface area contributed by atoms with Crippen LogP contribution >= 0.6 is 0 Å². The Hall–Kier alpha value is -1.31. The van der Waals surface area contributed by atoms with E-state index in [9.17, 15) is 4.79 Å². The molecule has 0 saturated heterocycles. The average molecular weight is 232 g/mol. The maximum atomic E-state index is 11.6. The molecule has 1 saturated carbocycles. The molecule has 0 aliphatic heterocycles. The van der Waals surface area contributed by atoms with Crippen LogP contribution in [0.4, 0.5) is 0 Å². The van der Waals surface area contributed by atoms with E-state index in [0.717, 1.165) is 25.0 Å². The molecule has 0 radical (unpaired) electrons. The lowest BCUT2D eigenvalue weighted by atomic mass is 9.98. The van der Waals surface area contributed by atoms with Gasteiger partial charge >= 0.3 is 0 Å². The first kappa shape index (κ1) is 12.2. The Balaban J connectivity index is 2.01. The monoisotopic (exact) mass is 232 g/mol. The van der Waals surface area contributed by atoms with E-state index in [0.29, 0.717) is 5.92 Å². The van der Waals surface area contributed by atoms with Gasteiger partial charge in [-0.3, -0.25) is 4.79 Å². The van der Waals surface area contributed by atoms with Crippen LogP contribution in [0, 0.1) is 5.92 Å². The summed E-state index contributed by atoms with van der Waals surface area (Å²) in [5.74, 6) is 1.88. The maximum Gasteiger partial charge on any atom is 0.173 e. The minimum absolute atomic E-state index is 0.234. The molecule has 0 aromatic heterocycles. The fraction of sp³-hybridized carbons (Fsp3) is 0.533. The van der Waals surface area contributed by atoms with E-state index in [2.05, 4.69) is 19.9 Å². The lowest BCUT2D eigenvalue weighted by molar-refractivity contribution is -0.122. The number of para-hydroxylation sites is 1. The maximum absolute atomic E-state index is 11.6. The number of benzene rings is 1. The minimum atomic E-state index is 0.234. The van der Waals surface area contributed by atoms with E-state index in [4.69, 9.17) is 4.74 Å². The number of rotatable bonds is 6. The quantitative estimate of drug-likeness (QED) is 0.749. The zero-order valence-corrected chi connectivity index (χ0v) is 10.6. The van der Waals surface area contributed by atoms with Crippen LogP contribution < -0.4 is 4.74 Å². The van der Waals surface area contributed by atoms with Crippen LogP contribution in [0.3, 0.4) is 0 Å². The summed E-state index contributed by atoms with van der Waals surface area (Å²) < 4.78 is 5.67. The minimum Gasteiger partial charge on any atom is -0.486 e. The molecule has 0 N–H and O–H groups in total. The van der Waals surface area contributed by atoms with Gasteiger partial charge in [0.05, 0.1) is 0 Å². The molecule has 17 heavy (non-hydrogen) atoms. The molecule has 2 rings (SSSR count). The van der Waals surface area contributed by atoms with Crippen LogP contribution in [-0.4, -0.2) is 12.4 Å². The first-order valence-electron chi connectivity index (χ1n) is 6.46. The molecule has 1 aliphatic rings. The molecular weight excluding hydrogens is 212 g/mol. The molecule has 1 aliphatic carbocycles. The van der Waals surface area contributed by atoms with Gasteiger partial charge in [-0.25, -0.2) is 0 Å². The molecule has 1 unspecified atom stereocenters. The third-order valence-corrected chi connectivity index (χ3v) is 3.46. The van der Waals surface area contributed by atoms with E-state index in [1.807, 2.05) is 18.2 Å². The summed E-state index contributed by atoms with van der Waals surface area (Å²) in [5.41, 5.74) is 1.21. The van der Waals surface area contributed by atoms with Gasteiger partial charge in [-0.05, 0) is 36.8 Å². The summed E-state index contributed by atoms with van der Waals surface area (Å²) >= 11 is 0. The Morgan fingerprint density at radius 2 is 2.12 bits per heavy atom. The smallest absolute Gasteiger partial charge is 0.173 e. The zero-order valence-electron chi connectivity index (χ0n) is 10.6. The summed E-state index contributed by atoms with van der Waals surface area (Å²) in [4.78, 5) is 11.6. The molecule has 0 spiro atoms. The van der Waals surface area contributed by atoms with Gasteiger partial charge in [-0.2, -0.15) is 0 Å². The van der Waals surface area contributed by atoms with Crippen LogP contribution in [-0.2, 0) is 4.79 Å². The lowest BCUT2D eigenvalue weighted by Gasteiger charge is -2.15. The second-order valence-electron chi connectivity index (χ2n) is 4.88. The van der Waals surface area contributed by atoms with Crippen molar-refractivity contribution < 1.29 is 9.53 Å². The predicted octanol–water partition coefficient (Wildman–Crippen LogP) is 3.56. The molecule has 2 nitrogen and oxygen atoms in total. The van der Waals surface area contributed by atoms with Crippen molar-refractivity contribution in [1.82, 2.24) is 0 Å². The van der Waals surface area contributed by atoms with Crippen molar-refractivity contribution in [3.05, 3.63) is 29.8 Å². The normalized spacial score (nSPS) is 16.6. The molecule has 2 heteroatoms. The van der Waals surface area contributed by atoms with Crippen LogP contribution in [0.5, 0.6) is 5.75 Å². The third kappa shape index (κ3) is 3.09. The number of carbonyl (C=O) groups excluding carboxylic acids is 1. The summed E-state index contributed by atoms with van der Waals surface area (Å²) in [6.45, 7) is 4.58. The lowest BCUT2D eigenvalue weighted by Crippen LogP contribution is -2.13. The summed E-state index contributed by atoms with van der Waals surface area (Å²) in [5, 5.41) is 0. The Kier molecular flexibility index (Phi) is 3.82. The van der Waals surface area contributed by atoms with Gasteiger partial charge in [0.15, 0.2) is 5.78 Å². The standard InChI is InChI=1S/C15H20O2/c1-3-11(2)13-6-4-5-7-15(13)17-10-14(16)12-8-9-12/h4-7,11-12H,3,8-10H2,1-2H3. The highest BCUT2D eigenvalue weighted by atomic mass is 16.5. The highest BCUT2D eigenvalue weighted by Crippen LogP contribution is 2.31. The van der Waals surface area contributed by atoms with Gasteiger partial charge in [0.2, 0.25) is 0 Å². The predicted molar refractivity (Wildman–Crippen MR) is 68.4 cm³/mol. The van der Waals surface area contributed by atoms with E-state index in [1.165, 1.54) is 5.56 Å². The fourth-order valence-electron chi connectivity index (χ4n) is 1.91. The van der Waals surface area contributed by atoms with Crippen LogP contribution in [0.2, 0.25) is 0 Å². The number of ether oxygens (including phenoxy) is 1. The van der Waals surface area contributed by atoms with Crippen molar-refractivity contribution in [2.24, 2.45) is 5.92 Å². The first-order valence-corrected chi connectivity index (χ1v) is 6.46. The van der Waals surface area contributed by atoms with Crippen LogP contribution in [0.15, 0.2) is 24.3 Å². The number of hydrogen-bond acceptors (Lipinski definition) is 2. The summed E-state index contributed by atoms with van der Waals surface area (Å²) in [6, 6.07) is 8.03. The largest absolute Gasteiger partial charge is 0.486 e. The summed E-state index contributed by atoms with van der Waals surface area (Å²) in [7, 11) is 0. The van der Waals surface area contributed by atoms with Crippen LogP contribution in [0.1, 0.15) is 44.6 Å². The number of carbonyl (C=O) groups is 1. The molecular formula is C15H20O2. The SMILES string of the molecule is CCC(C)c1ccccc1OCC(=O)C1CC1. The molecule has 1 aromatic rings. The molecule has 0 bridgehead atoms. The van der Waals surface area contributed by atoms with Crippen molar-refractivity contribution >= 4 is 5.78 Å². The van der Waals surface area contributed by atoms with Crippen molar-refractivity contribution in [1.29, 1.82) is 0 Å². The van der Waals surface area contributed by atoms with Crippen molar-refractivity contribution in [3.63, 3.8) is 0 Å². The second-order valence-corrected chi connectivity index (χ2v) is 4.88. The third-order valence-electron chi connectivity index (χ3n) is 3.46. The topological polar surface area (TPSA) is 26.3 Å². The fourth-order valence-corrected chi connectivity index (χ4v) is 1.91. The highest BCUT2D eigenvalue weighted by molar-refractivity contribution is 5.84. The van der Waals surface area contributed by atoms with Gasteiger partial charge in [0, 0.05) is 5.92 Å². The van der Waals surface area contributed by atoms with E-state index >= 15 is 0 Å². The highest BCUT2D eigenvalue weighted by Gasteiger charge is 2.29. The van der Waals surface area contributed by atoms with Gasteiger partial charge in [-0.15, -0.1) is 0 Å². The average Bonchev–Trinajstić information content (AvgIpc) is 3.19. The second kappa shape index (κ2) is 5.35. The van der Waals surface area contributed by atoms with Crippen LogP contribution in [0.25, 0.3) is 0 Å². The molecule has 1 aromatic carbocycles. The Labute approximate surface area is 103 Å². The van der Waals surface area contributed by atoms with Gasteiger partial charge in [0.1, 0.15) is 12.4 Å². The number of ketones is 1. The molecule has 1 atom stereocenters. The van der Waals surface area contributed by atoms with E-state index in [-0.39, 0.29) is 18.3 Å². The Morgan fingerprint density at radius 1 is 1.41 bits per heavy atom. The van der Waals surface area contributed by atoms with Gasteiger partial charge < -0.3 is 4.74 Å². The number of Topliss-reactive ketones (excluding diaryl/α,β-unsaturated/α-hetero) is 1. The van der Waals surface area contributed by atoms with E-state index < -0.39 is 0 Å². The van der Waals surface area contributed by atoms with E-state index in [1.54, 1.807) is 0 Å². The Bertz CT molecular complexity index is 394. The summed E-state index contributed by atoms with van der Waals surface area (Å²) in [6.07, 6.45) is 3.18. The van der Waals surface area contributed by atoms with Crippen molar-refractivity contribution in [3.8, 4) is 5.75 Å². The Morgan fingerprint density at radius 3 is 2.76 bits per heavy atom. The van der Waals surface area contributed by atoms with Gasteiger partial charge in [-0.1, -0.05) is 32.0 Å². The number of hydrogen-bond donors (Lipinski definition) is 0. The molecule has 0 amide bonds. The molecule has 92 valence electrons. The van der Waals surface area contributed by atoms with Gasteiger partial charge in [0.25, 0.3) is 0 Å². The molecule has 0 heterocycles. The van der Waals surface area contributed by atoms with Crippen molar-refractivity contribution in [2.75, 3.05) is 6.61 Å². The molecule has 1 fully saturated rings. The van der Waals surface area contributed by atoms with Crippen molar-refractivity contribution in [2.45, 2.75) is 39.0 Å². The zero-order chi connectivity index (χ0) is 12.3. The first-order chi connectivity index (χ1) is 8.22.